The molecule has 0 aromatic carbocycles. The van der Waals surface area contributed by atoms with E-state index in [1.165, 1.54) is 33.2 Å². The number of nitrogens with zero attached hydrogens (tertiary/aromatic N) is 2. The Morgan fingerprint density at radius 1 is 1.45 bits per heavy atom. The van der Waals surface area contributed by atoms with E-state index in [1.807, 2.05) is 0 Å². The Balaban J connectivity index is 3.27. The van der Waals surface area contributed by atoms with Gasteiger partial charge in [0.15, 0.2) is 0 Å². The molecule has 0 N–H and O–H groups in total. The zero-order chi connectivity index (χ0) is 15.6. The zero-order valence-corrected chi connectivity index (χ0v) is 12.6. The number of ether oxygens (including phenoxy) is 1. The highest BCUT2D eigenvalue weighted by Gasteiger charge is 2.47. The summed E-state index contributed by atoms with van der Waals surface area (Å²) in [5.74, 6) is -0.545. The highest BCUT2D eigenvalue weighted by molar-refractivity contribution is 6.29. The van der Waals surface area contributed by atoms with Crippen molar-refractivity contribution in [1.82, 2.24) is 4.98 Å². The maximum Gasteiger partial charge on any atom is 0.316 e. The Hall–Kier alpha value is -1.69. The predicted molar refractivity (Wildman–Crippen MR) is 74.3 cm³/mol. The molecule has 0 saturated heterocycles. The van der Waals surface area contributed by atoms with Crippen LogP contribution in [0.25, 0.3) is 0 Å². The van der Waals surface area contributed by atoms with Gasteiger partial charge in [0.25, 0.3) is 0 Å². The number of aromatic nitrogens is 1. The van der Waals surface area contributed by atoms with Crippen molar-refractivity contribution in [2.45, 2.75) is 38.1 Å². The number of methoxy groups -OCH3 is 1. The number of carbonyl (C=O) groups is 1. The molecule has 110 valence electrons. The van der Waals surface area contributed by atoms with Crippen LogP contribution >= 0.6 is 11.6 Å². The first-order valence-corrected chi connectivity index (χ1v) is 6.36. The Labute approximate surface area is 122 Å². The van der Waals surface area contributed by atoms with E-state index < -0.39 is 21.8 Å². The summed E-state index contributed by atoms with van der Waals surface area (Å²) in [4.78, 5) is 26.7. The molecule has 0 spiro atoms. The minimum Gasteiger partial charge on any atom is -0.468 e. The summed E-state index contributed by atoms with van der Waals surface area (Å²) >= 11 is 5.72. The van der Waals surface area contributed by atoms with Gasteiger partial charge in [0.1, 0.15) is 5.15 Å². The molecule has 1 aromatic heterocycles. The number of pyridine rings is 1. The van der Waals surface area contributed by atoms with Crippen molar-refractivity contribution in [3.05, 3.63) is 39.2 Å². The van der Waals surface area contributed by atoms with Gasteiger partial charge in [-0.15, -0.1) is 0 Å². The molecule has 1 rings (SSSR count). The summed E-state index contributed by atoms with van der Waals surface area (Å²) in [7, 11) is 1.25. The Morgan fingerprint density at radius 3 is 2.45 bits per heavy atom. The second kappa shape index (κ2) is 5.75. The fourth-order valence-electron chi connectivity index (χ4n) is 2.15. The number of hydrogen-bond acceptors (Lipinski definition) is 5. The maximum absolute atomic E-state index is 12.1. The standard InChI is InChI=1S/C13H17ClN2O4/c1-12(2,16(18)19)8-13(3,11(17)20-4)9-5-6-10(14)15-7-9/h5-7H,8H2,1-4H3. The number of rotatable bonds is 5. The molecule has 0 radical (unpaired) electrons. The lowest BCUT2D eigenvalue weighted by atomic mass is 9.74. The molecule has 7 heteroatoms. The summed E-state index contributed by atoms with van der Waals surface area (Å²) in [5, 5.41) is 11.4. The Kier molecular flexibility index (Phi) is 4.70. The molecule has 0 amide bonds. The van der Waals surface area contributed by atoms with E-state index in [0.717, 1.165) is 0 Å². The molecule has 0 aliphatic heterocycles. The van der Waals surface area contributed by atoms with Gasteiger partial charge in [-0.25, -0.2) is 4.98 Å². The van der Waals surface area contributed by atoms with Crippen molar-refractivity contribution in [2.75, 3.05) is 7.11 Å². The third-order valence-corrected chi connectivity index (χ3v) is 3.50. The average Bonchev–Trinajstić information content (AvgIpc) is 2.37. The van der Waals surface area contributed by atoms with Gasteiger partial charge < -0.3 is 4.74 Å². The van der Waals surface area contributed by atoms with Crippen molar-refractivity contribution in [2.24, 2.45) is 0 Å². The van der Waals surface area contributed by atoms with Crippen molar-refractivity contribution in [1.29, 1.82) is 0 Å². The first kappa shape index (κ1) is 16.4. The molecule has 0 saturated carbocycles. The van der Waals surface area contributed by atoms with Gasteiger partial charge in [0, 0.05) is 31.4 Å². The van der Waals surface area contributed by atoms with Gasteiger partial charge >= 0.3 is 5.97 Å². The molecular weight excluding hydrogens is 284 g/mol. The second-order valence-electron chi connectivity index (χ2n) is 5.44. The van der Waals surface area contributed by atoms with Gasteiger partial charge in [-0.3, -0.25) is 14.9 Å². The van der Waals surface area contributed by atoms with Crippen LogP contribution in [-0.4, -0.2) is 28.5 Å². The summed E-state index contributed by atoms with van der Waals surface area (Å²) in [6, 6.07) is 3.17. The average molecular weight is 301 g/mol. The second-order valence-corrected chi connectivity index (χ2v) is 5.83. The molecule has 0 bridgehead atoms. The highest BCUT2D eigenvalue weighted by atomic mass is 35.5. The Morgan fingerprint density at radius 2 is 2.05 bits per heavy atom. The van der Waals surface area contributed by atoms with Gasteiger partial charge in [0.2, 0.25) is 5.54 Å². The molecule has 0 fully saturated rings. The van der Waals surface area contributed by atoms with E-state index in [0.29, 0.717) is 5.56 Å². The van der Waals surface area contributed by atoms with Crippen molar-refractivity contribution in [3.63, 3.8) is 0 Å². The van der Waals surface area contributed by atoms with E-state index in [1.54, 1.807) is 13.0 Å². The smallest absolute Gasteiger partial charge is 0.316 e. The van der Waals surface area contributed by atoms with Gasteiger partial charge in [-0.1, -0.05) is 17.7 Å². The number of carbonyl (C=O) groups excluding carboxylic acids is 1. The zero-order valence-electron chi connectivity index (χ0n) is 11.8. The summed E-state index contributed by atoms with van der Waals surface area (Å²) in [6.07, 6.45) is 1.43. The van der Waals surface area contributed by atoms with Crippen molar-refractivity contribution < 1.29 is 14.5 Å². The van der Waals surface area contributed by atoms with Crippen LogP contribution in [0.5, 0.6) is 0 Å². The summed E-state index contributed by atoms with van der Waals surface area (Å²) in [5.41, 5.74) is -1.91. The lowest BCUT2D eigenvalue weighted by molar-refractivity contribution is -0.563. The highest BCUT2D eigenvalue weighted by Crippen LogP contribution is 2.35. The van der Waals surface area contributed by atoms with Gasteiger partial charge in [-0.2, -0.15) is 0 Å². The Bertz CT molecular complexity index is 516. The van der Waals surface area contributed by atoms with Crippen LogP contribution < -0.4 is 0 Å². The topological polar surface area (TPSA) is 82.3 Å². The third kappa shape index (κ3) is 3.25. The largest absolute Gasteiger partial charge is 0.468 e. The van der Waals surface area contributed by atoms with Crippen LogP contribution in [0, 0.1) is 10.1 Å². The SMILES string of the molecule is COC(=O)C(C)(CC(C)(C)[N+](=O)[O-])c1ccc(Cl)nc1. The van der Waals surface area contributed by atoms with Crippen LogP contribution in [0.3, 0.4) is 0 Å². The summed E-state index contributed by atoms with van der Waals surface area (Å²) < 4.78 is 4.80. The van der Waals surface area contributed by atoms with Crippen molar-refractivity contribution >= 4 is 17.6 Å². The third-order valence-electron chi connectivity index (χ3n) is 3.28. The number of nitro groups is 1. The van der Waals surface area contributed by atoms with Crippen LogP contribution in [0.1, 0.15) is 32.8 Å². The van der Waals surface area contributed by atoms with E-state index in [2.05, 4.69) is 4.98 Å². The molecular formula is C13H17ClN2O4. The van der Waals surface area contributed by atoms with E-state index in [4.69, 9.17) is 16.3 Å². The first-order chi connectivity index (χ1) is 9.13. The molecule has 0 aliphatic carbocycles. The van der Waals surface area contributed by atoms with Crippen LogP contribution in [-0.2, 0) is 14.9 Å². The fraction of sp³-hybridized carbons (Fsp3) is 0.538. The van der Waals surface area contributed by atoms with Crippen LogP contribution in [0.2, 0.25) is 5.15 Å². The number of halogens is 1. The quantitative estimate of drug-likeness (QED) is 0.361. The van der Waals surface area contributed by atoms with E-state index in [9.17, 15) is 14.9 Å². The lowest BCUT2D eigenvalue weighted by Crippen LogP contribution is -2.44. The molecule has 6 nitrogen and oxygen atoms in total. The molecule has 1 unspecified atom stereocenters. The molecule has 1 heterocycles. The summed E-state index contributed by atoms with van der Waals surface area (Å²) in [6.45, 7) is 4.55. The minimum atomic E-state index is -1.28. The minimum absolute atomic E-state index is 0.0109. The molecule has 20 heavy (non-hydrogen) atoms. The lowest BCUT2D eigenvalue weighted by Gasteiger charge is -2.30. The van der Waals surface area contributed by atoms with Gasteiger partial charge in [0.05, 0.1) is 12.5 Å². The van der Waals surface area contributed by atoms with E-state index in [-0.39, 0.29) is 11.6 Å². The van der Waals surface area contributed by atoms with Crippen molar-refractivity contribution in [3.8, 4) is 0 Å². The monoisotopic (exact) mass is 300 g/mol. The van der Waals surface area contributed by atoms with E-state index >= 15 is 0 Å². The van der Waals surface area contributed by atoms with Crippen LogP contribution in [0.4, 0.5) is 0 Å². The van der Waals surface area contributed by atoms with Crippen LogP contribution in [0.15, 0.2) is 18.3 Å². The molecule has 1 aromatic rings. The number of esters is 1. The fourth-order valence-corrected chi connectivity index (χ4v) is 2.26. The number of hydrogen-bond donors (Lipinski definition) is 0. The molecule has 1 atom stereocenters. The van der Waals surface area contributed by atoms with Gasteiger partial charge in [-0.05, 0) is 18.6 Å². The normalized spacial score (nSPS) is 14.4. The first-order valence-electron chi connectivity index (χ1n) is 5.98. The predicted octanol–water partition coefficient (Wildman–Crippen LogP) is 2.61. The molecule has 0 aliphatic rings. The maximum atomic E-state index is 12.1.